The number of methoxy groups -OCH3 is 1. The minimum absolute atomic E-state index is 0.211. The molecule has 0 unspecified atom stereocenters. The van der Waals surface area contributed by atoms with Crippen molar-refractivity contribution in [3.8, 4) is 0 Å². The summed E-state index contributed by atoms with van der Waals surface area (Å²) < 4.78 is 21.4. The molecule has 0 aliphatic carbocycles. The van der Waals surface area contributed by atoms with Gasteiger partial charge in [-0.3, -0.25) is 4.79 Å². The maximum absolute atomic E-state index is 13.5. The zero-order chi connectivity index (χ0) is 18.7. The zero-order valence-corrected chi connectivity index (χ0v) is 15.9. The molecular weight excluding hydrogens is 351 g/mol. The van der Waals surface area contributed by atoms with Crippen LogP contribution in [-0.2, 0) is 22.5 Å². The molecule has 0 atom stereocenters. The first kappa shape index (κ1) is 18.5. The van der Waals surface area contributed by atoms with Gasteiger partial charge in [0.25, 0.3) is 5.91 Å². The number of halogens is 1. The number of carbonyl (C=O) groups excluding carboxylic acids is 1. The molecule has 0 N–H and O–H groups in total. The average molecular weight is 372 g/mol. The van der Waals surface area contributed by atoms with E-state index in [-0.39, 0.29) is 18.1 Å². The molecule has 3 aromatic rings. The molecule has 2 aromatic carbocycles. The lowest BCUT2D eigenvalue weighted by atomic mass is 10.0. The van der Waals surface area contributed by atoms with Crippen molar-refractivity contribution in [1.29, 1.82) is 0 Å². The topological polar surface area (TPSA) is 43.6 Å². The van der Waals surface area contributed by atoms with Crippen LogP contribution in [0, 0.1) is 19.7 Å². The van der Waals surface area contributed by atoms with Crippen molar-refractivity contribution in [1.82, 2.24) is 4.57 Å². The van der Waals surface area contributed by atoms with E-state index in [1.54, 1.807) is 13.2 Å². The van der Waals surface area contributed by atoms with Gasteiger partial charge in [-0.05, 0) is 43.2 Å². The van der Waals surface area contributed by atoms with Gasteiger partial charge in [-0.25, -0.2) is 4.39 Å². The summed E-state index contributed by atoms with van der Waals surface area (Å²) in [5.41, 5.74) is 4.02. The number of aromatic nitrogens is 1. The van der Waals surface area contributed by atoms with Gasteiger partial charge in [-0.1, -0.05) is 35.1 Å². The number of thiazole rings is 1. The van der Waals surface area contributed by atoms with Gasteiger partial charge in [-0.15, -0.1) is 0 Å². The number of ether oxygens (including phenoxy) is 1. The van der Waals surface area contributed by atoms with Crippen molar-refractivity contribution >= 4 is 27.5 Å². The summed E-state index contributed by atoms with van der Waals surface area (Å²) in [6.45, 7) is 5.03. The first-order chi connectivity index (χ1) is 12.5. The minimum Gasteiger partial charge on any atom is -0.383 e. The number of carbonyl (C=O) groups is 1. The normalized spacial score (nSPS) is 12.1. The summed E-state index contributed by atoms with van der Waals surface area (Å²) in [6, 6.07) is 10.7. The molecule has 1 aromatic heterocycles. The molecule has 6 heteroatoms. The highest BCUT2D eigenvalue weighted by atomic mass is 32.1. The summed E-state index contributed by atoms with van der Waals surface area (Å²) in [7, 11) is 1.62. The van der Waals surface area contributed by atoms with Gasteiger partial charge in [0.15, 0.2) is 4.80 Å². The van der Waals surface area contributed by atoms with Crippen LogP contribution >= 0.6 is 11.3 Å². The Labute approximate surface area is 155 Å². The van der Waals surface area contributed by atoms with Crippen molar-refractivity contribution < 1.29 is 13.9 Å². The van der Waals surface area contributed by atoms with E-state index in [1.807, 2.05) is 36.6 Å². The van der Waals surface area contributed by atoms with Gasteiger partial charge < -0.3 is 9.30 Å². The number of rotatable bonds is 5. The van der Waals surface area contributed by atoms with Crippen LogP contribution in [0.3, 0.4) is 0 Å². The summed E-state index contributed by atoms with van der Waals surface area (Å²) >= 11 is 1.31. The number of aryl methyl sites for hydroxylation is 2. The van der Waals surface area contributed by atoms with E-state index < -0.39 is 0 Å². The first-order valence-electron chi connectivity index (χ1n) is 8.39. The van der Waals surface area contributed by atoms with Gasteiger partial charge in [0.05, 0.1) is 23.2 Å². The maximum Gasteiger partial charge on any atom is 0.252 e. The second kappa shape index (κ2) is 7.93. The van der Waals surface area contributed by atoms with Gasteiger partial charge in [0.1, 0.15) is 5.82 Å². The maximum atomic E-state index is 13.5. The van der Waals surface area contributed by atoms with Gasteiger partial charge >= 0.3 is 0 Å². The molecule has 0 bridgehead atoms. The Morgan fingerprint density at radius 2 is 2.04 bits per heavy atom. The Balaban J connectivity index is 1.99. The average Bonchev–Trinajstić information content (AvgIpc) is 2.92. The van der Waals surface area contributed by atoms with E-state index in [1.165, 1.54) is 23.5 Å². The fourth-order valence-electron chi connectivity index (χ4n) is 2.83. The van der Waals surface area contributed by atoms with Gasteiger partial charge in [0, 0.05) is 13.7 Å². The summed E-state index contributed by atoms with van der Waals surface area (Å²) in [6.07, 6.45) is 0.250. The lowest BCUT2D eigenvalue weighted by molar-refractivity contribution is -0.117. The van der Waals surface area contributed by atoms with Crippen LogP contribution in [-0.4, -0.2) is 24.2 Å². The predicted molar refractivity (Wildman–Crippen MR) is 102 cm³/mol. The number of hydrogen-bond donors (Lipinski definition) is 0. The largest absolute Gasteiger partial charge is 0.383 e. The molecule has 0 aliphatic heterocycles. The van der Waals surface area contributed by atoms with E-state index in [0.717, 1.165) is 26.9 Å². The van der Waals surface area contributed by atoms with Crippen LogP contribution in [0.2, 0.25) is 0 Å². The molecule has 1 amide bonds. The van der Waals surface area contributed by atoms with E-state index in [4.69, 9.17) is 4.74 Å². The quantitative estimate of drug-likeness (QED) is 0.684. The smallest absolute Gasteiger partial charge is 0.252 e. The van der Waals surface area contributed by atoms with E-state index in [9.17, 15) is 9.18 Å². The van der Waals surface area contributed by atoms with Gasteiger partial charge in [0.2, 0.25) is 0 Å². The molecule has 0 aliphatic rings. The monoisotopic (exact) mass is 372 g/mol. The third kappa shape index (κ3) is 4.08. The van der Waals surface area contributed by atoms with Crippen molar-refractivity contribution in [2.24, 2.45) is 4.99 Å². The Morgan fingerprint density at radius 3 is 2.81 bits per heavy atom. The number of benzene rings is 2. The third-order valence-electron chi connectivity index (χ3n) is 4.23. The highest BCUT2D eigenvalue weighted by molar-refractivity contribution is 7.16. The summed E-state index contributed by atoms with van der Waals surface area (Å²) in [4.78, 5) is 17.4. The van der Waals surface area contributed by atoms with Crippen molar-refractivity contribution in [2.75, 3.05) is 13.7 Å². The molecule has 4 nitrogen and oxygen atoms in total. The highest BCUT2D eigenvalue weighted by Crippen LogP contribution is 2.19. The van der Waals surface area contributed by atoms with Crippen LogP contribution in [0.25, 0.3) is 10.2 Å². The van der Waals surface area contributed by atoms with E-state index in [0.29, 0.717) is 18.0 Å². The molecule has 136 valence electrons. The van der Waals surface area contributed by atoms with Crippen LogP contribution in [0.4, 0.5) is 4.39 Å². The molecule has 0 saturated heterocycles. The lowest BCUT2D eigenvalue weighted by Crippen LogP contribution is -2.19. The first-order valence-corrected chi connectivity index (χ1v) is 9.21. The van der Waals surface area contributed by atoms with Crippen LogP contribution in [0.15, 0.2) is 41.4 Å². The lowest BCUT2D eigenvalue weighted by Gasteiger charge is -2.05. The zero-order valence-electron chi connectivity index (χ0n) is 15.1. The molecule has 0 fully saturated rings. The van der Waals surface area contributed by atoms with Crippen LogP contribution < -0.4 is 4.80 Å². The summed E-state index contributed by atoms with van der Waals surface area (Å²) in [5.74, 6) is -0.511. The fourth-order valence-corrected chi connectivity index (χ4v) is 3.93. The minimum atomic E-state index is -0.300. The molecule has 0 radical (unpaired) electrons. The Kier molecular flexibility index (Phi) is 5.64. The number of fused-ring (bicyclic) bond motifs is 1. The molecule has 0 spiro atoms. The molecule has 3 rings (SSSR count). The van der Waals surface area contributed by atoms with Crippen molar-refractivity contribution in [3.63, 3.8) is 0 Å². The number of hydrogen-bond acceptors (Lipinski definition) is 3. The van der Waals surface area contributed by atoms with Crippen molar-refractivity contribution in [2.45, 2.75) is 26.8 Å². The van der Waals surface area contributed by atoms with Crippen LogP contribution in [0.5, 0.6) is 0 Å². The molecule has 1 heterocycles. The number of nitrogens with zero attached hydrogens (tertiary/aromatic N) is 2. The molecule has 0 saturated carbocycles. The summed E-state index contributed by atoms with van der Waals surface area (Å²) in [5, 5.41) is 0. The van der Waals surface area contributed by atoms with E-state index >= 15 is 0 Å². The van der Waals surface area contributed by atoms with E-state index in [2.05, 4.69) is 4.99 Å². The third-order valence-corrected chi connectivity index (χ3v) is 5.27. The Morgan fingerprint density at radius 1 is 1.23 bits per heavy atom. The highest BCUT2D eigenvalue weighted by Gasteiger charge is 2.10. The standard InChI is InChI=1S/C20H21FN2O2S/c1-13-4-5-14(2)15(10-13)11-19(24)22-20-23(8-9-25-3)17-7-6-16(21)12-18(17)26-20/h4-7,10,12H,8-9,11H2,1-3H3. The van der Waals surface area contributed by atoms with Gasteiger partial charge in [-0.2, -0.15) is 4.99 Å². The SMILES string of the molecule is COCCn1c(=NC(=O)Cc2cc(C)ccc2C)sc2cc(F)ccc21. The Bertz CT molecular complexity index is 1020. The second-order valence-electron chi connectivity index (χ2n) is 6.25. The predicted octanol–water partition coefficient (Wildman–Crippen LogP) is 3.78. The molecular formula is C20H21FN2O2S. The van der Waals surface area contributed by atoms with Crippen molar-refractivity contribution in [3.05, 3.63) is 63.7 Å². The Hall–Kier alpha value is -2.31. The van der Waals surface area contributed by atoms with Crippen LogP contribution in [0.1, 0.15) is 16.7 Å². The molecule has 26 heavy (non-hydrogen) atoms. The fraction of sp³-hybridized carbons (Fsp3) is 0.300. The number of amides is 1. The second-order valence-corrected chi connectivity index (χ2v) is 7.26.